The van der Waals surface area contributed by atoms with Crippen molar-refractivity contribution in [2.45, 2.75) is 17.4 Å². The van der Waals surface area contributed by atoms with Crippen LogP contribution in [0.25, 0.3) is 28.1 Å². The molecule has 1 atom stereocenters. The maximum Gasteiger partial charge on any atom is 0.573 e. The van der Waals surface area contributed by atoms with Crippen LogP contribution in [-0.4, -0.2) is 45.6 Å². The second kappa shape index (κ2) is 13.1. The number of ether oxygens (including phenoxy) is 1. The minimum Gasteiger partial charge on any atom is -0.612 e. The summed E-state index contributed by atoms with van der Waals surface area (Å²) in [5.74, 6) is 5.07. The van der Waals surface area contributed by atoms with Gasteiger partial charge in [0.2, 0.25) is 0 Å². The van der Waals surface area contributed by atoms with Crippen LogP contribution in [0.15, 0.2) is 83.9 Å². The normalized spacial score (nSPS) is 13.0. The summed E-state index contributed by atoms with van der Waals surface area (Å²) < 4.78 is 93.3. The Kier molecular flexibility index (Phi) is 9.70. The van der Waals surface area contributed by atoms with Gasteiger partial charge in [-0.05, 0) is 64.8 Å². The molecule has 1 heterocycles. The Hall–Kier alpha value is -4.67. The van der Waals surface area contributed by atoms with E-state index in [2.05, 4.69) is 9.84 Å². The van der Waals surface area contributed by atoms with Crippen molar-refractivity contribution in [3.63, 3.8) is 0 Å². The molecule has 0 saturated carbocycles. The van der Waals surface area contributed by atoms with E-state index in [9.17, 15) is 35.7 Å². The quantitative estimate of drug-likeness (QED) is 0.0965. The molecule has 0 aliphatic carbocycles. The second-order valence-corrected chi connectivity index (χ2v) is 10.9. The summed E-state index contributed by atoms with van der Waals surface area (Å²) in [7, 11) is 1.48. The highest BCUT2D eigenvalue weighted by Gasteiger charge is 2.31. The number of anilines is 1. The summed E-state index contributed by atoms with van der Waals surface area (Å²) in [5.41, 5.74) is 8.33. The van der Waals surface area contributed by atoms with Crippen LogP contribution < -0.4 is 26.6 Å². The summed E-state index contributed by atoms with van der Waals surface area (Å²) in [5, 5.41) is 7.00. The Labute approximate surface area is 256 Å². The molecule has 1 amide bonds. The third-order valence-electron chi connectivity index (χ3n) is 6.40. The van der Waals surface area contributed by atoms with Crippen molar-refractivity contribution in [1.29, 1.82) is 0 Å². The third-order valence-corrected chi connectivity index (χ3v) is 7.31. The van der Waals surface area contributed by atoms with E-state index in [1.807, 2.05) is 0 Å². The van der Waals surface area contributed by atoms with E-state index in [0.717, 1.165) is 23.3 Å². The molecule has 0 spiro atoms. The van der Waals surface area contributed by atoms with E-state index in [4.69, 9.17) is 11.6 Å². The molecule has 3 aromatic carbocycles. The lowest BCUT2D eigenvalue weighted by Crippen LogP contribution is -2.33. The first-order valence-corrected chi connectivity index (χ1v) is 14.4. The molecule has 0 aliphatic heterocycles. The first-order chi connectivity index (χ1) is 21.1. The second-order valence-electron chi connectivity index (χ2n) is 9.54. The van der Waals surface area contributed by atoms with Gasteiger partial charge in [-0.2, -0.15) is 18.3 Å². The van der Waals surface area contributed by atoms with Crippen LogP contribution in [-0.2, 0) is 18.2 Å². The smallest absolute Gasteiger partial charge is 0.573 e. The zero-order valence-corrected chi connectivity index (χ0v) is 24.4. The Morgan fingerprint density at radius 2 is 1.71 bits per heavy atom. The number of hydrogen-bond acceptors (Lipinski definition) is 7. The predicted octanol–water partition coefficient (Wildman–Crippen LogP) is 5.32. The van der Waals surface area contributed by atoms with Gasteiger partial charge in [-0.3, -0.25) is 14.5 Å². The highest BCUT2D eigenvalue weighted by atomic mass is 32.2. The number of nitrogens with zero attached hydrogens (tertiary/aromatic N) is 3. The lowest BCUT2D eigenvalue weighted by molar-refractivity contribution is -0.274. The van der Waals surface area contributed by atoms with Crippen molar-refractivity contribution in [1.82, 2.24) is 15.1 Å². The number of hydrazine groups is 1. The van der Waals surface area contributed by atoms with Crippen molar-refractivity contribution >= 4 is 28.5 Å². The standard InChI is InChI=1S/C29H26F6N6O3S/c1-40-24(14-23(39-40)27(42)38-16-28(30,31)32)22-11-8-19(18-4-3-5-21(12-18)45(2)43)13-25(22)41(37)26(15-36)17-6-9-20(10-7-17)44-29(33,34)35/h3-15H,16,36-37H2,1-2H3,(H,38,42)/b26-15-. The lowest BCUT2D eigenvalue weighted by atomic mass is 9.99. The largest absolute Gasteiger partial charge is 0.612 e. The number of carbonyl (C=O) groups is 1. The van der Waals surface area contributed by atoms with Gasteiger partial charge in [0.15, 0.2) is 10.6 Å². The third kappa shape index (κ3) is 8.29. The van der Waals surface area contributed by atoms with Gasteiger partial charge in [0.25, 0.3) is 5.91 Å². The van der Waals surface area contributed by atoms with Crippen LogP contribution in [0.5, 0.6) is 5.75 Å². The van der Waals surface area contributed by atoms with E-state index in [0.29, 0.717) is 27.1 Å². The average Bonchev–Trinajstić information content (AvgIpc) is 3.37. The number of rotatable bonds is 9. The molecule has 4 rings (SSSR count). The van der Waals surface area contributed by atoms with Gasteiger partial charge in [-0.25, -0.2) is 5.84 Å². The van der Waals surface area contributed by atoms with Gasteiger partial charge < -0.3 is 20.3 Å². The van der Waals surface area contributed by atoms with Crippen molar-refractivity contribution < 1.29 is 40.4 Å². The Morgan fingerprint density at radius 3 is 2.31 bits per heavy atom. The van der Waals surface area contributed by atoms with Crippen molar-refractivity contribution in [2.24, 2.45) is 18.6 Å². The van der Waals surface area contributed by atoms with Crippen molar-refractivity contribution in [3.05, 3.63) is 90.3 Å². The number of aromatic nitrogens is 2. The molecule has 9 nitrogen and oxygen atoms in total. The lowest BCUT2D eigenvalue weighted by Gasteiger charge is -2.25. The number of aryl methyl sites for hydroxylation is 1. The molecule has 1 aromatic heterocycles. The zero-order chi connectivity index (χ0) is 33.1. The molecule has 0 fully saturated rings. The minimum absolute atomic E-state index is 0.153. The minimum atomic E-state index is -4.89. The number of benzene rings is 3. The van der Waals surface area contributed by atoms with Crippen LogP contribution in [0.3, 0.4) is 0 Å². The van der Waals surface area contributed by atoms with Gasteiger partial charge in [-0.15, -0.1) is 13.2 Å². The Bertz CT molecular complexity index is 1700. The predicted molar refractivity (Wildman–Crippen MR) is 157 cm³/mol. The number of nitrogens with one attached hydrogen (secondary N) is 1. The molecule has 0 bridgehead atoms. The molecule has 4 aromatic rings. The van der Waals surface area contributed by atoms with E-state index >= 15 is 0 Å². The zero-order valence-electron chi connectivity index (χ0n) is 23.6. The summed E-state index contributed by atoms with van der Waals surface area (Å²) in [4.78, 5) is 13.0. The van der Waals surface area contributed by atoms with Gasteiger partial charge in [0.05, 0.1) is 17.1 Å². The van der Waals surface area contributed by atoms with Gasteiger partial charge in [0.1, 0.15) is 18.6 Å². The fourth-order valence-electron chi connectivity index (χ4n) is 4.36. The van der Waals surface area contributed by atoms with Gasteiger partial charge in [0, 0.05) is 30.4 Å². The molecule has 0 radical (unpaired) electrons. The van der Waals surface area contributed by atoms with Gasteiger partial charge >= 0.3 is 12.5 Å². The molecule has 0 saturated heterocycles. The number of halogens is 6. The van der Waals surface area contributed by atoms with Crippen LogP contribution in [0.2, 0.25) is 0 Å². The maximum atomic E-state index is 12.7. The molecule has 1 unspecified atom stereocenters. The van der Waals surface area contributed by atoms with E-state index in [1.54, 1.807) is 47.8 Å². The van der Waals surface area contributed by atoms with E-state index < -0.39 is 41.9 Å². The Morgan fingerprint density at radius 1 is 1.04 bits per heavy atom. The average molecular weight is 653 g/mol. The van der Waals surface area contributed by atoms with Gasteiger partial charge in [-0.1, -0.05) is 24.3 Å². The summed E-state index contributed by atoms with van der Waals surface area (Å²) in [6.07, 6.45) is -6.85. The first-order valence-electron chi connectivity index (χ1n) is 12.9. The molecule has 0 aliphatic rings. The molecular formula is C29H26F6N6O3S. The summed E-state index contributed by atoms with van der Waals surface area (Å²) in [6.45, 7) is -1.55. The molecule has 16 heteroatoms. The highest BCUT2D eigenvalue weighted by Crippen LogP contribution is 2.38. The van der Waals surface area contributed by atoms with E-state index in [-0.39, 0.29) is 22.8 Å². The number of nitrogens with two attached hydrogens (primary N) is 2. The van der Waals surface area contributed by atoms with Crippen LogP contribution in [0.1, 0.15) is 16.1 Å². The fourth-order valence-corrected chi connectivity index (χ4v) is 4.92. The van der Waals surface area contributed by atoms with Crippen LogP contribution in [0.4, 0.5) is 32.0 Å². The highest BCUT2D eigenvalue weighted by molar-refractivity contribution is 7.90. The topological polar surface area (TPSA) is 134 Å². The number of carbonyl (C=O) groups excluding carboxylic acids is 1. The summed E-state index contributed by atoms with van der Waals surface area (Å²) >= 11 is -1.28. The number of amides is 1. The molecule has 45 heavy (non-hydrogen) atoms. The summed E-state index contributed by atoms with van der Waals surface area (Å²) in [6, 6.07) is 18.0. The van der Waals surface area contributed by atoms with Crippen molar-refractivity contribution in [2.75, 3.05) is 17.8 Å². The molecule has 5 N–H and O–H groups in total. The molecular weight excluding hydrogens is 626 g/mol. The monoisotopic (exact) mass is 652 g/mol. The number of alkyl halides is 6. The Balaban J connectivity index is 1.80. The van der Waals surface area contributed by atoms with E-state index in [1.165, 1.54) is 36.2 Å². The fraction of sp³-hybridized carbons (Fsp3) is 0.172. The van der Waals surface area contributed by atoms with Crippen molar-refractivity contribution in [3.8, 4) is 28.1 Å². The van der Waals surface area contributed by atoms with Crippen LogP contribution in [0, 0.1) is 0 Å². The first kappa shape index (κ1) is 33.2. The molecule has 238 valence electrons. The number of hydrogen-bond donors (Lipinski definition) is 3. The van der Waals surface area contributed by atoms with Crippen LogP contribution >= 0.6 is 0 Å². The maximum absolute atomic E-state index is 12.7. The SMILES string of the molecule is Cn1nc(C(=O)NCC(F)(F)F)cc1-c1ccc(-c2cccc([S+](C)[O-])c2)cc1N(N)/C(=C\N)c1ccc(OC(F)(F)F)cc1.